The summed E-state index contributed by atoms with van der Waals surface area (Å²) >= 11 is 1.47. The third-order valence-electron chi connectivity index (χ3n) is 3.75. The molecule has 21 heavy (non-hydrogen) atoms. The van der Waals surface area contributed by atoms with Crippen molar-refractivity contribution < 1.29 is 4.74 Å². The first-order valence-corrected chi connectivity index (χ1v) is 8.29. The number of ether oxygens (including phenoxy) is 1. The van der Waals surface area contributed by atoms with E-state index in [-0.39, 0.29) is 11.7 Å². The van der Waals surface area contributed by atoms with Crippen LogP contribution in [0.25, 0.3) is 4.96 Å². The second kappa shape index (κ2) is 6.11. The lowest BCUT2D eigenvalue weighted by Crippen LogP contribution is -2.32. The molecule has 0 N–H and O–H groups in total. The summed E-state index contributed by atoms with van der Waals surface area (Å²) in [6.07, 6.45) is 3.25. The third-order valence-corrected chi connectivity index (χ3v) is 4.72. The van der Waals surface area contributed by atoms with Crippen LogP contribution >= 0.6 is 11.3 Å². The van der Waals surface area contributed by atoms with Gasteiger partial charge in [0.2, 0.25) is 10.1 Å². The summed E-state index contributed by atoms with van der Waals surface area (Å²) in [7, 11) is 0. The van der Waals surface area contributed by atoms with Crippen LogP contribution in [0.3, 0.4) is 0 Å². The van der Waals surface area contributed by atoms with Gasteiger partial charge >= 0.3 is 0 Å². The summed E-state index contributed by atoms with van der Waals surface area (Å²) in [4.78, 5) is 19.4. The van der Waals surface area contributed by atoms with E-state index in [1.807, 2.05) is 6.92 Å². The first-order chi connectivity index (χ1) is 10.2. The van der Waals surface area contributed by atoms with E-state index in [9.17, 15) is 4.79 Å². The van der Waals surface area contributed by atoms with E-state index < -0.39 is 0 Å². The molecule has 6 nitrogen and oxygen atoms in total. The molecule has 1 atom stereocenters. The Balaban J connectivity index is 1.91. The molecule has 0 amide bonds. The van der Waals surface area contributed by atoms with Crippen LogP contribution in [0.5, 0.6) is 0 Å². The van der Waals surface area contributed by atoms with Crippen LogP contribution < -0.4 is 10.5 Å². The summed E-state index contributed by atoms with van der Waals surface area (Å²) < 4.78 is 7.09. The van der Waals surface area contributed by atoms with Crippen LogP contribution in [0.15, 0.2) is 10.9 Å². The van der Waals surface area contributed by atoms with Crippen molar-refractivity contribution >= 4 is 21.4 Å². The van der Waals surface area contributed by atoms with Crippen molar-refractivity contribution in [2.24, 2.45) is 0 Å². The normalized spacial score (nSPS) is 18.5. The molecule has 3 rings (SSSR count). The van der Waals surface area contributed by atoms with Crippen LogP contribution in [-0.2, 0) is 11.2 Å². The maximum atomic E-state index is 12.1. The van der Waals surface area contributed by atoms with Gasteiger partial charge in [-0.15, -0.1) is 5.10 Å². The van der Waals surface area contributed by atoms with E-state index in [1.54, 1.807) is 6.07 Å². The standard InChI is InChI=1S/C14H20N4O2S/c1-3-10-8-12(19)18-13(15-10)21-14(16-18)17(4-2)9-11-6-5-7-20-11/h8,11H,3-7,9H2,1-2H3. The van der Waals surface area contributed by atoms with Gasteiger partial charge in [0, 0.05) is 31.5 Å². The largest absolute Gasteiger partial charge is 0.376 e. The summed E-state index contributed by atoms with van der Waals surface area (Å²) in [6.45, 7) is 6.61. The fourth-order valence-electron chi connectivity index (χ4n) is 2.53. The van der Waals surface area contributed by atoms with E-state index in [1.165, 1.54) is 15.9 Å². The predicted octanol–water partition coefficient (Wildman–Crippen LogP) is 1.72. The molecular formula is C14H20N4O2S. The van der Waals surface area contributed by atoms with Crippen molar-refractivity contribution in [3.63, 3.8) is 0 Å². The number of hydrogen-bond donors (Lipinski definition) is 0. The number of anilines is 1. The zero-order chi connectivity index (χ0) is 14.8. The lowest BCUT2D eigenvalue weighted by Gasteiger charge is -2.22. The molecule has 1 aliphatic heterocycles. The van der Waals surface area contributed by atoms with E-state index in [4.69, 9.17) is 4.74 Å². The lowest BCUT2D eigenvalue weighted by atomic mass is 10.2. The second-order valence-corrected chi connectivity index (χ2v) is 6.13. The molecule has 0 radical (unpaired) electrons. The van der Waals surface area contributed by atoms with Gasteiger partial charge in [0.05, 0.1) is 6.10 Å². The first-order valence-electron chi connectivity index (χ1n) is 7.47. The highest BCUT2D eigenvalue weighted by atomic mass is 32.1. The molecule has 2 aromatic heterocycles. The Hall–Kier alpha value is -1.47. The van der Waals surface area contributed by atoms with E-state index in [0.717, 1.165) is 49.8 Å². The van der Waals surface area contributed by atoms with Crippen molar-refractivity contribution in [2.45, 2.75) is 39.2 Å². The number of hydrogen-bond acceptors (Lipinski definition) is 6. The highest BCUT2D eigenvalue weighted by Crippen LogP contribution is 2.23. The van der Waals surface area contributed by atoms with Gasteiger partial charge in [0.25, 0.3) is 5.56 Å². The van der Waals surface area contributed by atoms with Crippen LogP contribution in [0, 0.1) is 0 Å². The predicted molar refractivity (Wildman–Crippen MR) is 83.4 cm³/mol. The van der Waals surface area contributed by atoms with Gasteiger partial charge in [0.1, 0.15) is 0 Å². The molecule has 0 spiro atoms. The average molecular weight is 308 g/mol. The lowest BCUT2D eigenvalue weighted by molar-refractivity contribution is 0.115. The maximum Gasteiger partial charge on any atom is 0.275 e. The minimum absolute atomic E-state index is 0.104. The number of nitrogens with zero attached hydrogens (tertiary/aromatic N) is 4. The molecule has 1 saturated heterocycles. The molecule has 0 bridgehead atoms. The molecule has 0 saturated carbocycles. The van der Waals surface area contributed by atoms with E-state index in [0.29, 0.717) is 4.96 Å². The summed E-state index contributed by atoms with van der Waals surface area (Å²) in [6, 6.07) is 1.56. The Morgan fingerprint density at radius 1 is 1.52 bits per heavy atom. The molecule has 0 aliphatic carbocycles. The molecule has 1 aliphatic rings. The molecular weight excluding hydrogens is 288 g/mol. The zero-order valence-corrected chi connectivity index (χ0v) is 13.2. The zero-order valence-electron chi connectivity index (χ0n) is 12.4. The third kappa shape index (κ3) is 2.94. The van der Waals surface area contributed by atoms with Crippen molar-refractivity contribution in [1.29, 1.82) is 0 Å². The Morgan fingerprint density at radius 3 is 3.05 bits per heavy atom. The smallest absolute Gasteiger partial charge is 0.275 e. The summed E-state index contributed by atoms with van der Waals surface area (Å²) in [5, 5.41) is 5.27. The SMILES string of the molecule is CCc1cc(=O)n2nc(N(CC)CC3CCCO3)sc2n1. The molecule has 114 valence electrons. The van der Waals surface area contributed by atoms with Gasteiger partial charge in [-0.05, 0) is 26.2 Å². The molecule has 1 unspecified atom stereocenters. The van der Waals surface area contributed by atoms with Gasteiger partial charge < -0.3 is 9.64 Å². The Bertz CT molecular complexity index is 675. The maximum absolute atomic E-state index is 12.1. The molecule has 2 aromatic rings. The molecule has 1 fully saturated rings. The minimum atomic E-state index is -0.104. The quantitative estimate of drug-likeness (QED) is 0.842. The minimum Gasteiger partial charge on any atom is -0.376 e. The first kappa shape index (κ1) is 14.5. The van der Waals surface area contributed by atoms with E-state index in [2.05, 4.69) is 21.9 Å². The van der Waals surface area contributed by atoms with Gasteiger partial charge in [0.15, 0.2) is 0 Å². The highest BCUT2D eigenvalue weighted by molar-refractivity contribution is 7.20. The molecule has 0 aromatic carbocycles. The van der Waals surface area contributed by atoms with Crippen LogP contribution in [-0.4, -0.2) is 40.4 Å². The topological polar surface area (TPSA) is 59.7 Å². The highest BCUT2D eigenvalue weighted by Gasteiger charge is 2.21. The number of fused-ring (bicyclic) bond motifs is 1. The Morgan fingerprint density at radius 2 is 2.38 bits per heavy atom. The molecule has 7 heteroatoms. The number of rotatable bonds is 5. The fourth-order valence-corrected chi connectivity index (χ4v) is 3.53. The van der Waals surface area contributed by atoms with Crippen LogP contribution in [0.2, 0.25) is 0 Å². The van der Waals surface area contributed by atoms with Gasteiger partial charge in [-0.25, -0.2) is 4.98 Å². The summed E-state index contributed by atoms with van der Waals surface area (Å²) in [5.41, 5.74) is 0.713. The van der Waals surface area contributed by atoms with Gasteiger partial charge in [-0.2, -0.15) is 4.52 Å². The van der Waals surface area contributed by atoms with Crippen molar-refractivity contribution in [3.05, 3.63) is 22.1 Å². The van der Waals surface area contributed by atoms with Gasteiger partial charge in [-0.3, -0.25) is 4.79 Å². The van der Waals surface area contributed by atoms with Crippen molar-refractivity contribution in [3.8, 4) is 0 Å². The van der Waals surface area contributed by atoms with Crippen LogP contribution in [0.1, 0.15) is 32.4 Å². The van der Waals surface area contributed by atoms with Crippen LogP contribution in [0.4, 0.5) is 5.13 Å². The molecule has 3 heterocycles. The number of aryl methyl sites for hydroxylation is 1. The van der Waals surface area contributed by atoms with Gasteiger partial charge in [-0.1, -0.05) is 18.3 Å². The Kier molecular flexibility index (Phi) is 4.21. The van der Waals surface area contributed by atoms with Crippen molar-refractivity contribution in [2.75, 3.05) is 24.6 Å². The Labute approximate surface area is 127 Å². The number of aromatic nitrogens is 3. The number of likely N-dealkylation sites (N-methyl/N-ethyl adjacent to an activating group) is 1. The van der Waals surface area contributed by atoms with Crippen molar-refractivity contribution in [1.82, 2.24) is 14.6 Å². The summed E-state index contributed by atoms with van der Waals surface area (Å²) in [5.74, 6) is 0. The monoisotopic (exact) mass is 308 g/mol. The van der Waals surface area contributed by atoms with E-state index >= 15 is 0 Å². The second-order valence-electron chi connectivity index (χ2n) is 5.19. The average Bonchev–Trinajstić information content (AvgIpc) is 3.13. The fraction of sp³-hybridized carbons (Fsp3) is 0.643.